The highest BCUT2D eigenvalue weighted by Gasteiger charge is 2.28. The predicted molar refractivity (Wildman–Crippen MR) is 78.4 cm³/mol. The molecule has 3 rings (SSSR count). The van der Waals surface area contributed by atoms with Gasteiger partial charge in [-0.15, -0.1) is 11.3 Å². The molecule has 1 amide bonds. The first-order chi connectivity index (χ1) is 9.15. The van der Waals surface area contributed by atoms with Crippen molar-refractivity contribution in [3.8, 4) is 5.75 Å². The molecule has 4 nitrogen and oxygen atoms in total. The summed E-state index contributed by atoms with van der Waals surface area (Å²) in [5.41, 5.74) is 7.30. The molecule has 0 fully saturated rings. The number of nitrogens with two attached hydrogens (primary N) is 1. The molecule has 2 heterocycles. The van der Waals surface area contributed by atoms with E-state index in [-0.39, 0.29) is 5.91 Å². The number of thiophene rings is 1. The highest BCUT2D eigenvalue weighted by molar-refractivity contribution is 9.10. The van der Waals surface area contributed by atoms with Gasteiger partial charge in [0.05, 0.1) is 4.47 Å². The molecule has 1 atom stereocenters. The molecule has 1 unspecified atom stereocenters. The van der Waals surface area contributed by atoms with Crippen LogP contribution in [0, 0.1) is 0 Å². The van der Waals surface area contributed by atoms with Crippen LogP contribution in [0.4, 0.5) is 5.69 Å². The first-order valence-electron chi connectivity index (χ1n) is 5.70. The van der Waals surface area contributed by atoms with E-state index in [9.17, 15) is 4.79 Å². The van der Waals surface area contributed by atoms with E-state index >= 15 is 0 Å². The van der Waals surface area contributed by atoms with Crippen molar-refractivity contribution >= 4 is 38.9 Å². The fraction of sp³-hybridized carbons (Fsp3) is 0.154. The molecule has 1 aliphatic rings. The third kappa shape index (κ3) is 2.39. The highest BCUT2D eigenvalue weighted by Crippen LogP contribution is 2.38. The van der Waals surface area contributed by atoms with Crippen LogP contribution in [0.3, 0.4) is 0 Å². The van der Waals surface area contributed by atoms with Crippen molar-refractivity contribution in [2.45, 2.75) is 12.6 Å². The van der Waals surface area contributed by atoms with Crippen molar-refractivity contribution in [3.05, 3.63) is 44.6 Å². The summed E-state index contributed by atoms with van der Waals surface area (Å²) in [7, 11) is 0. The predicted octanol–water partition coefficient (Wildman–Crippen LogP) is 3.04. The largest absolute Gasteiger partial charge is 0.487 e. The van der Waals surface area contributed by atoms with Crippen LogP contribution < -0.4 is 15.8 Å². The summed E-state index contributed by atoms with van der Waals surface area (Å²) in [6.45, 7) is 0.509. The maximum absolute atomic E-state index is 11.5. The molecule has 1 aromatic carbocycles. The van der Waals surface area contributed by atoms with Crippen molar-refractivity contribution in [1.29, 1.82) is 0 Å². The second-order valence-electron chi connectivity index (χ2n) is 4.20. The van der Waals surface area contributed by atoms with Gasteiger partial charge in [-0.2, -0.15) is 0 Å². The SMILES string of the molecule is NC1C(=O)Nc2cc(OCc3cccs3)c(Br)cc21. The molecule has 0 bridgehead atoms. The summed E-state index contributed by atoms with van der Waals surface area (Å²) in [4.78, 5) is 12.7. The summed E-state index contributed by atoms with van der Waals surface area (Å²) in [5, 5.41) is 4.76. The van der Waals surface area contributed by atoms with Gasteiger partial charge >= 0.3 is 0 Å². The van der Waals surface area contributed by atoms with Crippen LogP contribution in [0.2, 0.25) is 0 Å². The molecule has 2 aromatic rings. The molecule has 0 saturated carbocycles. The number of fused-ring (bicyclic) bond motifs is 1. The zero-order chi connectivity index (χ0) is 13.4. The van der Waals surface area contributed by atoms with E-state index < -0.39 is 6.04 Å². The number of anilines is 1. The normalized spacial score (nSPS) is 17.2. The molecule has 6 heteroatoms. The fourth-order valence-electron chi connectivity index (χ4n) is 1.94. The Labute approximate surface area is 122 Å². The van der Waals surface area contributed by atoms with Gasteiger partial charge < -0.3 is 15.8 Å². The first-order valence-corrected chi connectivity index (χ1v) is 7.37. The maximum Gasteiger partial charge on any atom is 0.245 e. The molecule has 0 aliphatic carbocycles. The van der Waals surface area contributed by atoms with E-state index in [4.69, 9.17) is 10.5 Å². The summed E-state index contributed by atoms with van der Waals surface area (Å²) in [6, 6.07) is 7.04. The molecular weight excluding hydrogens is 328 g/mol. The standard InChI is InChI=1S/C13H11BrN2O2S/c14-9-4-8-10(16-13(17)12(8)15)5-11(9)18-6-7-2-1-3-19-7/h1-5,12H,6,15H2,(H,16,17). The van der Waals surface area contributed by atoms with Gasteiger partial charge in [-0.3, -0.25) is 4.79 Å². The molecule has 1 aliphatic heterocycles. The number of ether oxygens (including phenoxy) is 1. The lowest BCUT2D eigenvalue weighted by molar-refractivity contribution is -0.116. The number of rotatable bonds is 3. The highest BCUT2D eigenvalue weighted by atomic mass is 79.9. The third-order valence-electron chi connectivity index (χ3n) is 2.93. The van der Waals surface area contributed by atoms with Gasteiger partial charge in [-0.05, 0) is 33.4 Å². The molecule has 19 heavy (non-hydrogen) atoms. The van der Waals surface area contributed by atoms with Gasteiger partial charge in [0, 0.05) is 22.2 Å². The lowest BCUT2D eigenvalue weighted by Gasteiger charge is -2.10. The second-order valence-corrected chi connectivity index (χ2v) is 6.09. The smallest absolute Gasteiger partial charge is 0.245 e. The molecule has 0 radical (unpaired) electrons. The Balaban J connectivity index is 1.84. The number of hydrogen-bond donors (Lipinski definition) is 2. The van der Waals surface area contributed by atoms with Gasteiger partial charge in [-0.1, -0.05) is 6.07 Å². The molecule has 1 aromatic heterocycles. The molecule has 0 spiro atoms. The Morgan fingerprint density at radius 3 is 3.05 bits per heavy atom. The van der Waals surface area contributed by atoms with Crippen molar-refractivity contribution < 1.29 is 9.53 Å². The fourth-order valence-corrected chi connectivity index (χ4v) is 3.03. The molecular formula is C13H11BrN2O2S. The summed E-state index contributed by atoms with van der Waals surface area (Å²) in [5.74, 6) is 0.513. The molecule has 0 saturated heterocycles. The lowest BCUT2D eigenvalue weighted by atomic mass is 10.1. The van der Waals surface area contributed by atoms with E-state index in [1.165, 1.54) is 0 Å². The monoisotopic (exact) mass is 338 g/mol. The second kappa shape index (κ2) is 4.96. The Hall–Kier alpha value is -1.37. The number of carbonyl (C=O) groups excluding carboxylic acids is 1. The minimum atomic E-state index is -0.599. The number of amides is 1. The van der Waals surface area contributed by atoms with Crippen LogP contribution in [0.15, 0.2) is 34.1 Å². The Kier molecular flexibility index (Phi) is 3.30. The number of carbonyl (C=O) groups is 1. The van der Waals surface area contributed by atoms with Gasteiger partial charge in [0.25, 0.3) is 0 Å². The summed E-state index contributed by atoms with van der Waals surface area (Å²) in [6.07, 6.45) is 0. The molecule has 3 N–H and O–H groups in total. The van der Waals surface area contributed by atoms with Crippen molar-refractivity contribution in [1.82, 2.24) is 0 Å². The van der Waals surface area contributed by atoms with Crippen molar-refractivity contribution in [2.24, 2.45) is 5.73 Å². The summed E-state index contributed by atoms with van der Waals surface area (Å²) >= 11 is 5.09. The van der Waals surface area contributed by atoms with E-state index in [1.807, 2.05) is 23.6 Å². The quantitative estimate of drug-likeness (QED) is 0.903. The zero-order valence-electron chi connectivity index (χ0n) is 9.85. The number of hydrogen-bond acceptors (Lipinski definition) is 4. The number of halogens is 1. The molecule has 98 valence electrons. The van der Waals surface area contributed by atoms with Crippen LogP contribution in [0.25, 0.3) is 0 Å². The van der Waals surface area contributed by atoms with Crippen LogP contribution >= 0.6 is 27.3 Å². The minimum absolute atomic E-state index is 0.183. The van der Waals surface area contributed by atoms with Gasteiger partial charge in [0.1, 0.15) is 18.4 Å². The Bertz CT molecular complexity index is 628. The van der Waals surface area contributed by atoms with E-state index in [0.717, 1.165) is 20.6 Å². The topological polar surface area (TPSA) is 64.4 Å². The van der Waals surface area contributed by atoms with Gasteiger partial charge in [0.15, 0.2) is 0 Å². The van der Waals surface area contributed by atoms with Crippen molar-refractivity contribution in [3.63, 3.8) is 0 Å². The van der Waals surface area contributed by atoms with Crippen LogP contribution in [-0.2, 0) is 11.4 Å². The van der Waals surface area contributed by atoms with E-state index in [2.05, 4.69) is 21.2 Å². The Morgan fingerprint density at radius 2 is 2.32 bits per heavy atom. The number of nitrogens with one attached hydrogen (secondary N) is 1. The van der Waals surface area contributed by atoms with Gasteiger partial charge in [0.2, 0.25) is 5.91 Å². The third-order valence-corrected chi connectivity index (χ3v) is 4.40. The average molecular weight is 339 g/mol. The first kappa shape index (κ1) is 12.7. The van der Waals surface area contributed by atoms with Crippen LogP contribution in [-0.4, -0.2) is 5.91 Å². The zero-order valence-corrected chi connectivity index (χ0v) is 12.3. The Morgan fingerprint density at radius 1 is 1.47 bits per heavy atom. The maximum atomic E-state index is 11.5. The minimum Gasteiger partial charge on any atom is -0.487 e. The number of benzene rings is 1. The van der Waals surface area contributed by atoms with Crippen LogP contribution in [0.1, 0.15) is 16.5 Å². The van der Waals surface area contributed by atoms with Crippen LogP contribution in [0.5, 0.6) is 5.75 Å². The summed E-state index contributed by atoms with van der Waals surface area (Å²) < 4.78 is 6.55. The van der Waals surface area contributed by atoms with E-state index in [0.29, 0.717) is 12.4 Å². The van der Waals surface area contributed by atoms with Gasteiger partial charge in [-0.25, -0.2) is 0 Å². The lowest BCUT2D eigenvalue weighted by Crippen LogP contribution is -2.19. The average Bonchev–Trinajstić information content (AvgIpc) is 2.98. The van der Waals surface area contributed by atoms with Crippen molar-refractivity contribution in [2.75, 3.05) is 5.32 Å². The van der Waals surface area contributed by atoms with E-state index in [1.54, 1.807) is 17.4 Å².